The van der Waals surface area contributed by atoms with Gasteiger partial charge in [0.25, 0.3) is 0 Å². The Morgan fingerprint density at radius 1 is 1.03 bits per heavy atom. The summed E-state index contributed by atoms with van der Waals surface area (Å²) < 4.78 is 1.79. The predicted molar refractivity (Wildman–Crippen MR) is 124 cm³/mol. The van der Waals surface area contributed by atoms with E-state index in [4.69, 9.17) is 0 Å². The number of carbonyl (C=O) groups is 1. The van der Waals surface area contributed by atoms with Gasteiger partial charge in [0.1, 0.15) is 0 Å². The molecular weight excluding hydrogens is 410 g/mol. The largest absolute Gasteiger partial charge is 0.354 e. The van der Waals surface area contributed by atoms with E-state index in [9.17, 15) is 4.79 Å². The third-order valence-corrected chi connectivity index (χ3v) is 5.65. The molecule has 1 aromatic carbocycles. The highest BCUT2D eigenvalue weighted by molar-refractivity contribution is 7.15. The van der Waals surface area contributed by atoms with Crippen LogP contribution in [0.3, 0.4) is 0 Å². The average Bonchev–Trinajstić information content (AvgIpc) is 3.25. The topological polar surface area (TPSA) is 97.1 Å². The molecule has 2 N–H and O–H groups in total. The van der Waals surface area contributed by atoms with Crippen LogP contribution in [-0.4, -0.2) is 37.0 Å². The number of carbonyl (C=O) groups excluding carboxylic acids is 1. The van der Waals surface area contributed by atoms with Crippen molar-refractivity contribution in [3.05, 3.63) is 52.2 Å². The normalized spacial score (nSPS) is 11.1. The molecule has 4 aromatic rings. The van der Waals surface area contributed by atoms with Gasteiger partial charge in [0, 0.05) is 35.3 Å². The van der Waals surface area contributed by atoms with Crippen molar-refractivity contribution < 1.29 is 4.79 Å². The number of aromatic nitrogens is 5. The monoisotopic (exact) mass is 435 g/mol. The van der Waals surface area contributed by atoms with Gasteiger partial charge in [-0.05, 0) is 45.7 Å². The number of nitrogens with zero attached hydrogens (tertiary/aromatic N) is 5. The van der Waals surface area contributed by atoms with Crippen molar-refractivity contribution in [3.8, 4) is 11.3 Å². The SMILES string of the molecule is Cc1ccc(-c2csc3nc(NC(=O)CCCNc4nc(C)cc(C)n4)nn23)c(C)c1. The van der Waals surface area contributed by atoms with Gasteiger partial charge in [-0.2, -0.15) is 4.98 Å². The average molecular weight is 436 g/mol. The molecule has 0 saturated carbocycles. The molecule has 0 bridgehead atoms. The molecule has 3 aromatic heterocycles. The van der Waals surface area contributed by atoms with Crippen LogP contribution in [0.1, 0.15) is 35.4 Å². The maximum Gasteiger partial charge on any atom is 0.250 e. The zero-order valence-corrected chi connectivity index (χ0v) is 18.9. The maximum absolute atomic E-state index is 12.3. The molecule has 0 fully saturated rings. The van der Waals surface area contributed by atoms with Crippen molar-refractivity contribution in [1.29, 1.82) is 0 Å². The van der Waals surface area contributed by atoms with E-state index < -0.39 is 0 Å². The summed E-state index contributed by atoms with van der Waals surface area (Å²) in [5.41, 5.74) is 6.32. The van der Waals surface area contributed by atoms with Gasteiger partial charge >= 0.3 is 0 Å². The van der Waals surface area contributed by atoms with Crippen molar-refractivity contribution in [2.75, 3.05) is 17.2 Å². The Morgan fingerprint density at radius 2 is 1.81 bits per heavy atom. The van der Waals surface area contributed by atoms with Gasteiger partial charge in [-0.15, -0.1) is 16.4 Å². The van der Waals surface area contributed by atoms with Crippen molar-refractivity contribution in [3.63, 3.8) is 0 Å². The molecular formula is C22H25N7OS. The second-order valence-corrected chi connectivity index (χ2v) is 8.46. The summed E-state index contributed by atoms with van der Waals surface area (Å²) in [6, 6.07) is 8.25. The molecule has 0 saturated heterocycles. The molecule has 0 radical (unpaired) electrons. The number of fused-ring (bicyclic) bond motifs is 1. The van der Waals surface area contributed by atoms with Crippen LogP contribution in [0.25, 0.3) is 16.2 Å². The van der Waals surface area contributed by atoms with Gasteiger partial charge in [0.2, 0.25) is 22.8 Å². The second kappa shape index (κ2) is 8.81. The zero-order chi connectivity index (χ0) is 22.0. The molecule has 0 aliphatic carbocycles. The number of hydrogen-bond donors (Lipinski definition) is 2. The molecule has 160 valence electrons. The maximum atomic E-state index is 12.3. The summed E-state index contributed by atoms with van der Waals surface area (Å²) in [6.45, 7) is 8.64. The first-order valence-electron chi connectivity index (χ1n) is 10.2. The van der Waals surface area contributed by atoms with Crippen LogP contribution in [0.2, 0.25) is 0 Å². The van der Waals surface area contributed by atoms with Gasteiger partial charge < -0.3 is 5.32 Å². The smallest absolute Gasteiger partial charge is 0.250 e. The standard InChI is InChI=1S/C22H25N7OS/c1-13-7-8-17(14(2)10-13)18-12-31-22-27-21(28-29(18)22)26-19(30)6-5-9-23-20-24-15(3)11-16(4)25-20/h7-8,10-12H,5-6,9H2,1-4H3,(H,23,24,25)(H,26,28,30). The summed E-state index contributed by atoms with van der Waals surface area (Å²) >= 11 is 1.51. The summed E-state index contributed by atoms with van der Waals surface area (Å²) in [4.78, 5) is 26.2. The molecule has 0 atom stereocenters. The number of nitrogens with one attached hydrogen (secondary N) is 2. The van der Waals surface area contributed by atoms with E-state index in [-0.39, 0.29) is 5.91 Å². The van der Waals surface area contributed by atoms with E-state index >= 15 is 0 Å². The first kappa shape index (κ1) is 20.9. The van der Waals surface area contributed by atoms with Crippen LogP contribution in [0.15, 0.2) is 29.6 Å². The predicted octanol–water partition coefficient (Wildman–Crippen LogP) is 4.31. The van der Waals surface area contributed by atoms with Crippen LogP contribution in [0.4, 0.5) is 11.9 Å². The molecule has 1 amide bonds. The number of aryl methyl sites for hydroxylation is 4. The van der Waals surface area contributed by atoms with E-state index in [2.05, 4.69) is 62.7 Å². The fraction of sp³-hybridized carbons (Fsp3) is 0.318. The van der Waals surface area contributed by atoms with Gasteiger partial charge in [-0.3, -0.25) is 10.1 Å². The Morgan fingerprint density at radius 3 is 2.55 bits per heavy atom. The Labute approximate surface area is 184 Å². The first-order chi connectivity index (χ1) is 14.9. The number of thiazole rings is 1. The van der Waals surface area contributed by atoms with Crippen LogP contribution in [0, 0.1) is 27.7 Å². The van der Waals surface area contributed by atoms with Crippen LogP contribution >= 0.6 is 11.3 Å². The molecule has 4 rings (SSSR count). The first-order valence-corrected chi connectivity index (χ1v) is 11.0. The third-order valence-electron chi connectivity index (χ3n) is 4.84. The Hall–Kier alpha value is -3.33. The van der Waals surface area contributed by atoms with Crippen LogP contribution in [-0.2, 0) is 4.79 Å². The molecule has 8 nitrogen and oxygen atoms in total. The van der Waals surface area contributed by atoms with E-state index in [0.717, 1.165) is 27.6 Å². The molecule has 31 heavy (non-hydrogen) atoms. The second-order valence-electron chi connectivity index (χ2n) is 7.62. The number of anilines is 2. The van der Waals surface area contributed by atoms with E-state index in [1.165, 1.54) is 22.5 Å². The fourth-order valence-electron chi connectivity index (χ4n) is 3.46. The molecule has 0 aliphatic rings. The Kier molecular flexibility index (Phi) is 5.94. The minimum Gasteiger partial charge on any atom is -0.354 e. The zero-order valence-electron chi connectivity index (χ0n) is 18.1. The lowest BCUT2D eigenvalue weighted by Crippen LogP contribution is -2.15. The third kappa shape index (κ3) is 4.88. The molecule has 0 spiro atoms. The van der Waals surface area contributed by atoms with Gasteiger partial charge in [-0.1, -0.05) is 23.8 Å². The fourth-order valence-corrected chi connectivity index (χ4v) is 4.28. The lowest BCUT2D eigenvalue weighted by molar-refractivity contribution is -0.116. The summed E-state index contributed by atoms with van der Waals surface area (Å²) in [6.07, 6.45) is 1.01. The number of benzene rings is 1. The molecule has 9 heteroatoms. The highest BCUT2D eigenvalue weighted by Gasteiger charge is 2.14. The lowest BCUT2D eigenvalue weighted by atomic mass is 10.0. The molecule has 0 unspecified atom stereocenters. The molecule has 3 heterocycles. The van der Waals surface area contributed by atoms with Crippen molar-refractivity contribution >= 4 is 34.1 Å². The lowest BCUT2D eigenvalue weighted by Gasteiger charge is -2.06. The van der Waals surface area contributed by atoms with Crippen molar-refractivity contribution in [2.24, 2.45) is 0 Å². The van der Waals surface area contributed by atoms with Gasteiger partial charge in [0.15, 0.2) is 0 Å². The number of hydrogen-bond acceptors (Lipinski definition) is 7. The van der Waals surface area contributed by atoms with E-state index in [1.807, 2.05) is 25.3 Å². The van der Waals surface area contributed by atoms with E-state index in [1.54, 1.807) is 4.52 Å². The van der Waals surface area contributed by atoms with Crippen molar-refractivity contribution in [2.45, 2.75) is 40.5 Å². The van der Waals surface area contributed by atoms with Crippen LogP contribution in [0.5, 0.6) is 0 Å². The van der Waals surface area contributed by atoms with Crippen LogP contribution < -0.4 is 10.6 Å². The summed E-state index contributed by atoms with van der Waals surface area (Å²) in [5.74, 6) is 0.802. The highest BCUT2D eigenvalue weighted by Crippen LogP contribution is 2.28. The van der Waals surface area contributed by atoms with Crippen molar-refractivity contribution in [1.82, 2.24) is 24.6 Å². The van der Waals surface area contributed by atoms with Gasteiger partial charge in [0.05, 0.1) is 5.69 Å². The summed E-state index contributed by atoms with van der Waals surface area (Å²) in [5, 5.41) is 12.5. The quantitative estimate of drug-likeness (QED) is 0.420. The Balaban J connectivity index is 1.35. The Bertz CT molecular complexity index is 1220. The molecule has 0 aliphatic heterocycles. The van der Waals surface area contributed by atoms with Gasteiger partial charge in [-0.25, -0.2) is 14.5 Å². The highest BCUT2D eigenvalue weighted by atomic mass is 32.1. The minimum atomic E-state index is -0.116. The number of amides is 1. The summed E-state index contributed by atoms with van der Waals surface area (Å²) in [7, 11) is 0. The number of rotatable bonds is 7. The minimum absolute atomic E-state index is 0.116. The van der Waals surface area contributed by atoms with E-state index in [0.29, 0.717) is 31.3 Å².